The van der Waals surface area contributed by atoms with Gasteiger partial charge in [-0.15, -0.1) is 0 Å². The summed E-state index contributed by atoms with van der Waals surface area (Å²) in [6.45, 7) is 5.65. The summed E-state index contributed by atoms with van der Waals surface area (Å²) >= 11 is 5.87. The minimum atomic E-state index is -0.351. The van der Waals surface area contributed by atoms with Crippen molar-refractivity contribution in [3.8, 4) is 5.75 Å². The van der Waals surface area contributed by atoms with Gasteiger partial charge in [-0.1, -0.05) is 11.6 Å². The fourth-order valence-corrected chi connectivity index (χ4v) is 1.42. The third-order valence-corrected chi connectivity index (χ3v) is 2.31. The van der Waals surface area contributed by atoms with Crippen molar-refractivity contribution < 1.29 is 14.3 Å². The molecule has 0 radical (unpaired) electrons. The Balaban J connectivity index is 2.66. The van der Waals surface area contributed by atoms with E-state index in [4.69, 9.17) is 21.1 Å². The third kappa shape index (κ3) is 4.94. The van der Waals surface area contributed by atoms with Crippen molar-refractivity contribution in [1.82, 2.24) is 0 Å². The fourth-order valence-electron chi connectivity index (χ4n) is 1.25. The van der Waals surface area contributed by atoms with Crippen LogP contribution in [0.5, 0.6) is 5.75 Å². The van der Waals surface area contributed by atoms with E-state index in [0.717, 1.165) is 0 Å². The first kappa shape index (κ1) is 14.8. The number of hydrogen-bond donors (Lipinski definition) is 1. The molecule has 1 aromatic rings. The summed E-state index contributed by atoms with van der Waals surface area (Å²) in [4.78, 5) is 11.7. The van der Waals surface area contributed by atoms with Crippen LogP contribution in [0.1, 0.15) is 20.8 Å². The van der Waals surface area contributed by atoms with Gasteiger partial charge in [0.1, 0.15) is 12.4 Å². The van der Waals surface area contributed by atoms with Gasteiger partial charge in [-0.2, -0.15) is 0 Å². The number of halogens is 1. The number of amides is 1. The molecule has 0 bridgehead atoms. The summed E-state index contributed by atoms with van der Waals surface area (Å²) in [6.07, 6.45) is 0. The van der Waals surface area contributed by atoms with Gasteiger partial charge in [-0.05, 0) is 39.0 Å². The van der Waals surface area contributed by atoms with Crippen LogP contribution in [0.15, 0.2) is 18.2 Å². The van der Waals surface area contributed by atoms with Gasteiger partial charge in [0, 0.05) is 5.02 Å². The summed E-state index contributed by atoms with van der Waals surface area (Å²) in [5.41, 5.74) is 0.183. The minimum Gasteiger partial charge on any atom is -0.495 e. The number of rotatable bonds is 4. The Morgan fingerprint density at radius 2 is 2.06 bits per heavy atom. The summed E-state index contributed by atoms with van der Waals surface area (Å²) in [7, 11) is 1.53. The number of hydrogen-bond acceptors (Lipinski definition) is 3. The maximum Gasteiger partial charge on any atom is 0.250 e. The maximum absolute atomic E-state index is 11.7. The van der Waals surface area contributed by atoms with Gasteiger partial charge in [0.2, 0.25) is 5.91 Å². The zero-order valence-electron chi connectivity index (χ0n) is 11.0. The standard InChI is InChI=1S/C13H18ClNO3/c1-13(2,3)18-8-12(16)15-10-7-9(14)5-6-11(10)17-4/h5-7H,8H2,1-4H3,(H,15,16). The first-order valence-corrected chi connectivity index (χ1v) is 5.97. The molecule has 0 aliphatic heterocycles. The molecule has 18 heavy (non-hydrogen) atoms. The van der Waals surface area contributed by atoms with E-state index in [-0.39, 0.29) is 18.1 Å². The van der Waals surface area contributed by atoms with Gasteiger partial charge in [0.05, 0.1) is 18.4 Å². The van der Waals surface area contributed by atoms with E-state index < -0.39 is 0 Å². The number of nitrogens with one attached hydrogen (secondary N) is 1. The molecule has 0 unspecified atom stereocenters. The van der Waals surface area contributed by atoms with Crippen molar-refractivity contribution >= 4 is 23.2 Å². The van der Waals surface area contributed by atoms with E-state index in [1.807, 2.05) is 20.8 Å². The molecular formula is C13H18ClNO3. The van der Waals surface area contributed by atoms with Gasteiger partial charge in [-0.3, -0.25) is 4.79 Å². The Kier molecular flexibility index (Phi) is 4.99. The molecule has 0 aromatic heterocycles. The molecular weight excluding hydrogens is 254 g/mol. The Bertz CT molecular complexity index is 427. The second kappa shape index (κ2) is 6.07. The van der Waals surface area contributed by atoms with Crippen LogP contribution >= 0.6 is 11.6 Å². The molecule has 0 aliphatic rings. The highest BCUT2D eigenvalue weighted by Gasteiger charge is 2.14. The van der Waals surface area contributed by atoms with Crippen LogP contribution in [0.25, 0.3) is 0 Å². The number of carbonyl (C=O) groups is 1. The summed E-state index contributed by atoms with van der Waals surface area (Å²) < 4.78 is 10.5. The van der Waals surface area contributed by atoms with Crippen molar-refractivity contribution in [1.29, 1.82) is 0 Å². The van der Waals surface area contributed by atoms with Crippen LogP contribution in [0, 0.1) is 0 Å². The monoisotopic (exact) mass is 271 g/mol. The van der Waals surface area contributed by atoms with Crippen LogP contribution in [-0.4, -0.2) is 25.2 Å². The molecule has 0 saturated carbocycles. The van der Waals surface area contributed by atoms with Crippen molar-refractivity contribution in [2.45, 2.75) is 26.4 Å². The molecule has 0 saturated heterocycles. The topological polar surface area (TPSA) is 47.6 Å². The molecule has 0 heterocycles. The molecule has 1 N–H and O–H groups in total. The Labute approximate surface area is 112 Å². The summed E-state index contributed by atoms with van der Waals surface area (Å²) in [5, 5.41) is 3.23. The van der Waals surface area contributed by atoms with Crippen LogP contribution in [0.4, 0.5) is 5.69 Å². The maximum atomic E-state index is 11.7. The van der Waals surface area contributed by atoms with Crippen molar-refractivity contribution in [3.05, 3.63) is 23.2 Å². The average Bonchev–Trinajstić information content (AvgIpc) is 2.26. The smallest absolute Gasteiger partial charge is 0.250 e. The summed E-state index contributed by atoms with van der Waals surface area (Å²) in [6, 6.07) is 5.03. The molecule has 1 amide bonds. The second-order valence-electron chi connectivity index (χ2n) is 4.79. The van der Waals surface area contributed by atoms with Crippen molar-refractivity contribution in [3.63, 3.8) is 0 Å². The van der Waals surface area contributed by atoms with Gasteiger partial charge < -0.3 is 14.8 Å². The molecule has 1 aromatic carbocycles. The summed E-state index contributed by atoms with van der Waals surface area (Å²) in [5.74, 6) is 0.314. The van der Waals surface area contributed by atoms with E-state index in [0.29, 0.717) is 16.5 Å². The molecule has 4 nitrogen and oxygen atoms in total. The van der Waals surface area contributed by atoms with Gasteiger partial charge in [-0.25, -0.2) is 0 Å². The first-order valence-electron chi connectivity index (χ1n) is 5.59. The predicted octanol–water partition coefficient (Wildman–Crippen LogP) is 3.10. The third-order valence-electron chi connectivity index (χ3n) is 2.07. The molecule has 0 atom stereocenters. The van der Waals surface area contributed by atoms with Crippen LogP contribution in [0.3, 0.4) is 0 Å². The molecule has 0 aliphatic carbocycles. The highest BCUT2D eigenvalue weighted by Crippen LogP contribution is 2.27. The van der Waals surface area contributed by atoms with Gasteiger partial charge in [0.25, 0.3) is 0 Å². The average molecular weight is 272 g/mol. The second-order valence-corrected chi connectivity index (χ2v) is 5.23. The van der Waals surface area contributed by atoms with Crippen molar-refractivity contribution in [2.24, 2.45) is 0 Å². The predicted molar refractivity (Wildman–Crippen MR) is 72.3 cm³/mol. The van der Waals surface area contributed by atoms with Crippen molar-refractivity contribution in [2.75, 3.05) is 19.0 Å². The largest absolute Gasteiger partial charge is 0.495 e. The number of methoxy groups -OCH3 is 1. The highest BCUT2D eigenvalue weighted by atomic mass is 35.5. The lowest BCUT2D eigenvalue weighted by Crippen LogP contribution is -2.27. The number of ether oxygens (including phenoxy) is 2. The van der Waals surface area contributed by atoms with E-state index in [9.17, 15) is 4.79 Å². The normalized spacial score (nSPS) is 11.2. The number of carbonyl (C=O) groups excluding carboxylic acids is 1. The van der Waals surface area contributed by atoms with E-state index in [1.165, 1.54) is 7.11 Å². The zero-order valence-corrected chi connectivity index (χ0v) is 11.8. The van der Waals surface area contributed by atoms with E-state index >= 15 is 0 Å². The SMILES string of the molecule is COc1ccc(Cl)cc1NC(=O)COC(C)(C)C. The van der Waals surface area contributed by atoms with Crippen LogP contribution in [0.2, 0.25) is 5.02 Å². The lowest BCUT2D eigenvalue weighted by molar-refractivity contribution is -0.125. The van der Waals surface area contributed by atoms with E-state index in [2.05, 4.69) is 5.32 Å². The first-order chi connectivity index (χ1) is 8.31. The fraction of sp³-hybridized carbons (Fsp3) is 0.462. The molecule has 1 rings (SSSR count). The Morgan fingerprint density at radius 1 is 1.39 bits per heavy atom. The number of anilines is 1. The Hall–Kier alpha value is -1.26. The molecule has 100 valence electrons. The highest BCUT2D eigenvalue weighted by molar-refractivity contribution is 6.31. The Morgan fingerprint density at radius 3 is 2.61 bits per heavy atom. The van der Waals surface area contributed by atoms with Crippen LogP contribution < -0.4 is 10.1 Å². The quantitative estimate of drug-likeness (QED) is 0.915. The zero-order chi connectivity index (χ0) is 13.8. The van der Waals surface area contributed by atoms with E-state index in [1.54, 1.807) is 18.2 Å². The van der Waals surface area contributed by atoms with Crippen LogP contribution in [-0.2, 0) is 9.53 Å². The number of benzene rings is 1. The van der Waals surface area contributed by atoms with Gasteiger partial charge in [0.15, 0.2) is 0 Å². The lowest BCUT2D eigenvalue weighted by atomic mass is 10.2. The molecule has 0 fully saturated rings. The molecule has 5 heteroatoms. The minimum absolute atomic E-state index is 0.0147. The van der Waals surface area contributed by atoms with Gasteiger partial charge >= 0.3 is 0 Å². The molecule has 0 spiro atoms. The lowest BCUT2D eigenvalue weighted by Gasteiger charge is -2.19.